The van der Waals surface area contributed by atoms with Gasteiger partial charge in [0.25, 0.3) is 0 Å². The van der Waals surface area contributed by atoms with Crippen LogP contribution in [0, 0.1) is 0 Å². The molecule has 0 aromatic rings. The normalized spacial score (nSPS) is 53.6. The van der Waals surface area contributed by atoms with Crippen molar-refractivity contribution < 1.29 is 74.7 Å². The minimum Gasteiger partial charge on any atom is -0.388 e. The molecule has 3 heterocycles. The standard InChI is InChI=1S/C19H34O15/c1-5-9(21)13(25)11(23)7(3-30-5)33-19-17(29)15(27)12(24)8(4-32-19)34-18-16(28)14(26)10(22)6(20)2-31-18/h5-29H,2-4H2,1H3/t5-,6-,7?,8-,9-,10-,11-,12-,13-,14+,15+,16+,17+,18?,19-/m1/s1. The lowest BCUT2D eigenvalue weighted by Crippen LogP contribution is -2.52. The van der Waals surface area contributed by atoms with Gasteiger partial charge in [0.15, 0.2) is 12.6 Å². The number of hydrogen-bond acceptors (Lipinski definition) is 15. The maximum absolute atomic E-state index is 10.5. The van der Waals surface area contributed by atoms with Crippen LogP contribution in [0.4, 0.5) is 0 Å². The van der Waals surface area contributed by atoms with Crippen molar-refractivity contribution >= 4 is 0 Å². The van der Waals surface area contributed by atoms with Gasteiger partial charge in [0.05, 0.1) is 25.9 Å². The number of rotatable bonds is 4. The zero-order valence-electron chi connectivity index (χ0n) is 18.3. The van der Waals surface area contributed by atoms with E-state index in [9.17, 15) is 51.1 Å². The first-order valence-electron chi connectivity index (χ1n) is 10.9. The molecule has 0 saturated carbocycles. The lowest BCUT2D eigenvalue weighted by molar-refractivity contribution is -0.263. The summed E-state index contributed by atoms with van der Waals surface area (Å²) in [5.41, 5.74) is 0. The van der Waals surface area contributed by atoms with E-state index in [1.165, 1.54) is 6.92 Å². The van der Waals surface area contributed by atoms with Crippen molar-refractivity contribution in [1.82, 2.24) is 0 Å². The largest absolute Gasteiger partial charge is 0.388 e. The van der Waals surface area contributed by atoms with Crippen molar-refractivity contribution in [2.45, 2.75) is 98.9 Å². The van der Waals surface area contributed by atoms with E-state index in [0.29, 0.717) is 0 Å². The zero-order valence-corrected chi connectivity index (χ0v) is 18.3. The highest BCUT2D eigenvalue weighted by Crippen LogP contribution is 2.26. The Kier molecular flexibility index (Phi) is 9.57. The minimum absolute atomic E-state index is 0.299. The minimum atomic E-state index is -1.92. The van der Waals surface area contributed by atoms with E-state index >= 15 is 0 Å². The van der Waals surface area contributed by atoms with Gasteiger partial charge in [0, 0.05) is 0 Å². The van der Waals surface area contributed by atoms with Gasteiger partial charge >= 0.3 is 0 Å². The molecule has 3 fully saturated rings. The molecule has 0 aromatic carbocycles. The second-order valence-corrected chi connectivity index (χ2v) is 8.77. The molecule has 3 aliphatic heterocycles. The first-order chi connectivity index (χ1) is 15.9. The van der Waals surface area contributed by atoms with Crippen LogP contribution in [-0.4, -0.2) is 163 Å². The van der Waals surface area contributed by atoms with E-state index in [2.05, 4.69) is 0 Å². The van der Waals surface area contributed by atoms with E-state index < -0.39 is 105 Å². The summed E-state index contributed by atoms with van der Waals surface area (Å²) in [7, 11) is 0. The number of hydrogen-bond donors (Lipinski definition) is 10. The van der Waals surface area contributed by atoms with Gasteiger partial charge in [-0.2, -0.15) is 0 Å². The van der Waals surface area contributed by atoms with Crippen LogP contribution in [0.15, 0.2) is 0 Å². The lowest BCUT2D eigenvalue weighted by atomic mass is 10.0. The molecular formula is C19H34O15. The first-order valence-corrected chi connectivity index (χ1v) is 10.9. The summed E-state index contributed by atoms with van der Waals surface area (Å²) >= 11 is 0. The smallest absolute Gasteiger partial charge is 0.186 e. The Labute approximate surface area is 194 Å². The van der Waals surface area contributed by atoms with Crippen LogP contribution in [0.25, 0.3) is 0 Å². The molecule has 3 saturated heterocycles. The molecule has 2 unspecified atom stereocenters. The fourth-order valence-electron chi connectivity index (χ4n) is 3.92. The third-order valence-electron chi connectivity index (χ3n) is 6.29. The zero-order chi connectivity index (χ0) is 25.3. The van der Waals surface area contributed by atoms with E-state index in [0.717, 1.165) is 0 Å². The molecule has 0 bridgehead atoms. The molecule has 10 N–H and O–H groups in total. The molecule has 3 aliphatic rings. The van der Waals surface area contributed by atoms with Crippen LogP contribution in [0.3, 0.4) is 0 Å². The van der Waals surface area contributed by atoms with Gasteiger partial charge in [-0.25, -0.2) is 0 Å². The summed E-state index contributed by atoms with van der Waals surface area (Å²) in [6.07, 6.45) is -24.1. The summed E-state index contributed by atoms with van der Waals surface area (Å²) < 4.78 is 26.8. The maximum Gasteiger partial charge on any atom is 0.186 e. The Morgan fingerprint density at radius 1 is 0.471 bits per heavy atom. The lowest BCUT2D eigenvalue weighted by Gasteiger charge is -2.31. The second kappa shape index (κ2) is 11.6. The van der Waals surface area contributed by atoms with Crippen LogP contribution < -0.4 is 0 Å². The predicted molar refractivity (Wildman–Crippen MR) is 105 cm³/mol. The van der Waals surface area contributed by atoms with Crippen LogP contribution in [-0.2, 0) is 23.7 Å². The molecule has 0 aromatic heterocycles. The Bertz CT molecular complexity index is 589. The maximum atomic E-state index is 10.5. The molecule has 3 rings (SSSR count). The highest BCUT2D eigenvalue weighted by Gasteiger charge is 2.47. The number of aliphatic hydroxyl groups excluding tert-OH is 10. The van der Waals surface area contributed by atoms with Crippen molar-refractivity contribution in [3.05, 3.63) is 0 Å². The molecule has 34 heavy (non-hydrogen) atoms. The summed E-state index contributed by atoms with van der Waals surface area (Å²) in [5, 5.41) is 101. The number of ether oxygens (including phenoxy) is 5. The van der Waals surface area contributed by atoms with Crippen molar-refractivity contribution in [3.8, 4) is 0 Å². The predicted octanol–water partition coefficient (Wildman–Crippen LogP) is -6.50. The molecule has 0 aliphatic carbocycles. The van der Waals surface area contributed by atoms with Gasteiger partial charge in [-0.1, -0.05) is 0 Å². The molecule has 15 atom stereocenters. The van der Waals surface area contributed by atoms with E-state index in [1.54, 1.807) is 0 Å². The van der Waals surface area contributed by atoms with E-state index in [-0.39, 0.29) is 6.61 Å². The van der Waals surface area contributed by atoms with E-state index in [1.807, 2.05) is 0 Å². The van der Waals surface area contributed by atoms with Crippen LogP contribution in [0.1, 0.15) is 6.92 Å². The molecule has 0 radical (unpaired) electrons. The highest BCUT2D eigenvalue weighted by molar-refractivity contribution is 4.92. The van der Waals surface area contributed by atoms with Crippen LogP contribution in [0.2, 0.25) is 0 Å². The fourth-order valence-corrected chi connectivity index (χ4v) is 3.92. The van der Waals surface area contributed by atoms with Crippen LogP contribution >= 0.6 is 0 Å². The molecule has 0 spiro atoms. The van der Waals surface area contributed by atoms with Crippen molar-refractivity contribution in [2.75, 3.05) is 19.8 Å². The Morgan fingerprint density at radius 2 is 0.882 bits per heavy atom. The average molecular weight is 502 g/mol. The number of aliphatic hydroxyl groups is 10. The molecule has 200 valence electrons. The van der Waals surface area contributed by atoms with E-state index in [4.69, 9.17) is 23.7 Å². The third-order valence-corrected chi connectivity index (χ3v) is 6.29. The summed E-state index contributed by atoms with van der Waals surface area (Å²) in [5.74, 6) is 0. The average Bonchev–Trinajstić information content (AvgIpc) is 3.02. The molecule has 15 heteroatoms. The first kappa shape index (κ1) is 28.0. The van der Waals surface area contributed by atoms with Crippen molar-refractivity contribution in [3.63, 3.8) is 0 Å². The molecule has 15 nitrogen and oxygen atoms in total. The van der Waals surface area contributed by atoms with Crippen LogP contribution in [0.5, 0.6) is 0 Å². The van der Waals surface area contributed by atoms with Gasteiger partial charge in [0.2, 0.25) is 0 Å². The van der Waals surface area contributed by atoms with Gasteiger partial charge in [-0.3, -0.25) is 0 Å². The van der Waals surface area contributed by atoms with Gasteiger partial charge < -0.3 is 74.7 Å². The monoisotopic (exact) mass is 502 g/mol. The highest BCUT2D eigenvalue weighted by atomic mass is 16.7. The second-order valence-electron chi connectivity index (χ2n) is 8.77. The van der Waals surface area contributed by atoms with Gasteiger partial charge in [0.1, 0.15) is 73.2 Å². The Hall–Kier alpha value is -0.600. The topological polar surface area (TPSA) is 248 Å². The Balaban J connectivity index is 1.68. The van der Waals surface area contributed by atoms with Crippen molar-refractivity contribution in [1.29, 1.82) is 0 Å². The summed E-state index contributed by atoms with van der Waals surface area (Å²) in [6.45, 7) is 0.110. The van der Waals surface area contributed by atoms with Crippen molar-refractivity contribution in [2.24, 2.45) is 0 Å². The quantitative estimate of drug-likeness (QED) is 0.172. The molecule has 0 amide bonds. The third kappa shape index (κ3) is 5.86. The fraction of sp³-hybridized carbons (Fsp3) is 1.00. The van der Waals surface area contributed by atoms with Gasteiger partial charge in [-0.05, 0) is 6.92 Å². The summed E-state index contributed by atoms with van der Waals surface area (Å²) in [4.78, 5) is 0. The molecular weight excluding hydrogens is 468 g/mol. The SMILES string of the molecule is C[C@H]1OCC(O[C@H]2OC[C@@H](OC3OC[C@@H](O)[C@@H](O)[C@H](O)[C@@H]3O)[C@@H](O)[C@H](O)[C@@H]2O)[C@@H](O)[C@H](O)[C@@H]1O. The van der Waals surface area contributed by atoms with Gasteiger partial charge in [-0.15, -0.1) is 0 Å². The Morgan fingerprint density at radius 3 is 1.41 bits per heavy atom. The summed E-state index contributed by atoms with van der Waals surface area (Å²) in [6, 6.07) is 0.